The van der Waals surface area contributed by atoms with Crippen LogP contribution in [0.3, 0.4) is 0 Å². The summed E-state index contributed by atoms with van der Waals surface area (Å²) in [5.74, 6) is -6.01. The third-order valence-electron chi connectivity index (χ3n) is 13.0. The fraction of sp³-hybridized carbons (Fsp3) is 0. The van der Waals surface area contributed by atoms with Gasteiger partial charge in [0.05, 0.1) is 44.8 Å². The van der Waals surface area contributed by atoms with Gasteiger partial charge in [-0.15, -0.1) is 0 Å². The first kappa shape index (κ1) is 44.1. The van der Waals surface area contributed by atoms with Crippen LogP contribution < -0.4 is 9.80 Å². The minimum Gasteiger partial charge on any atom is -0.308 e. The Hall–Kier alpha value is -9.16. The quantitative estimate of drug-likeness (QED) is 0.134. The number of aromatic nitrogens is 2. The zero-order chi connectivity index (χ0) is 49.4. The third kappa shape index (κ3) is 7.46. The van der Waals surface area contributed by atoms with Crippen LogP contribution >= 0.6 is 0 Å². The summed E-state index contributed by atoms with van der Waals surface area (Å²) in [6.45, 7) is 0. The van der Waals surface area contributed by atoms with Gasteiger partial charge in [-0.25, -0.2) is 35.1 Å². The number of anilines is 6. The third-order valence-corrected chi connectivity index (χ3v) is 13.0. The monoisotopic (exact) mass is 962 g/mol. The number of para-hydroxylation sites is 2. The first-order valence-corrected chi connectivity index (χ1v) is 22.7. The van der Waals surface area contributed by atoms with E-state index in [4.69, 9.17) is 0 Å². The molecule has 12 aromatic rings. The summed E-state index contributed by atoms with van der Waals surface area (Å²) in [7, 11) is 0. The first-order chi connectivity index (χ1) is 35.0. The molecule has 12 rings (SSSR count). The fourth-order valence-corrected chi connectivity index (χ4v) is 9.83. The summed E-state index contributed by atoms with van der Waals surface area (Å²) in [4.78, 5) is 3.32. The van der Waals surface area contributed by atoms with Crippen LogP contribution in [0.15, 0.2) is 206 Å². The molecule has 0 unspecified atom stereocenters. The lowest BCUT2D eigenvalue weighted by Gasteiger charge is -2.27. The van der Waals surface area contributed by atoms with E-state index in [1.165, 1.54) is 48.5 Å². The maximum Gasteiger partial charge on any atom is 0.150 e. The average molecular weight is 963 g/mol. The van der Waals surface area contributed by atoms with Gasteiger partial charge in [0.2, 0.25) is 0 Å². The molecule has 0 aliphatic rings. The SMILES string of the molecule is Fc1ccc(N(c2ccc(-c3ccc(N(c4ccc5c(c4)c4ccccc4n5-c4ccc(F)cc4F)c4ccc(F)cc4F)cc3)cc2)c2ccc3c(c2)c2ccccc2n3-c2ccc(F)cc2F)c(F)c1. The summed E-state index contributed by atoms with van der Waals surface area (Å²) < 4.78 is 123. The Morgan fingerprint density at radius 3 is 0.972 bits per heavy atom. The van der Waals surface area contributed by atoms with E-state index in [1.807, 2.05) is 84.9 Å². The topological polar surface area (TPSA) is 16.3 Å². The van der Waals surface area contributed by atoms with Gasteiger partial charge in [0.1, 0.15) is 46.5 Å². The molecule has 12 heteroatoms. The normalized spacial score (nSPS) is 11.6. The van der Waals surface area contributed by atoms with E-state index in [-0.39, 0.29) is 22.7 Å². The predicted molar refractivity (Wildman–Crippen MR) is 270 cm³/mol. The molecule has 10 aromatic carbocycles. The summed E-state index contributed by atoms with van der Waals surface area (Å²) in [5, 5.41) is 2.95. The second-order valence-electron chi connectivity index (χ2n) is 17.3. The van der Waals surface area contributed by atoms with Crippen molar-refractivity contribution in [2.24, 2.45) is 0 Å². The van der Waals surface area contributed by atoms with Gasteiger partial charge in [-0.2, -0.15) is 0 Å². The van der Waals surface area contributed by atoms with Crippen LogP contribution in [-0.2, 0) is 0 Å². The van der Waals surface area contributed by atoms with Crippen LogP contribution in [0.1, 0.15) is 0 Å². The lowest BCUT2D eigenvalue weighted by Crippen LogP contribution is -2.12. The Labute approximate surface area is 405 Å². The van der Waals surface area contributed by atoms with Crippen molar-refractivity contribution in [3.63, 3.8) is 0 Å². The van der Waals surface area contributed by atoms with Crippen LogP contribution in [0.25, 0.3) is 66.1 Å². The van der Waals surface area contributed by atoms with E-state index in [2.05, 4.69) is 0 Å². The van der Waals surface area contributed by atoms with Crippen LogP contribution in [0, 0.1) is 46.5 Å². The van der Waals surface area contributed by atoms with Crippen molar-refractivity contribution < 1.29 is 35.1 Å². The van der Waals surface area contributed by atoms with Crippen molar-refractivity contribution in [1.82, 2.24) is 9.13 Å². The van der Waals surface area contributed by atoms with Gasteiger partial charge >= 0.3 is 0 Å². The zero-order valence-corrected chi connectivity index (χ0v) is 37.4. The average Bonchev–Trinajstić information content (AvgIpc) is 3.88. The van der Waals surface area contributed by atoms with Gasteiger partial charge in [-0.3, -0.25) is 0 Å². The maximum absolute atomic E-state index is 15.9. The molecule has 0 fully saturated rings. The minimum atomic E-state index is -0.806. The molecule has 350 valence electrons. The van der Waals surface area contributed by atoms with Crippen LogP contribution in [0.2, 0.25) is 0 Å². The molecule has 0 amide bonds. The molecule has 72 heavy (non-hydrogen) atoms. The number of fused-ring (bicyclic) bond motifs is 6. The highest BCUT2D eigenvalue weighted by molar-refractivity contribution is 6.12. The molecule has 2 aromatic heterocycles. The molecule has 0 saturated carbocycles. The Balaban J connectivity index is 0.928. The lowest BCUT2D eigenvalue weighted by atomic mass is 10.0. The fourth-order valence-electron chi connectivity index (χ4n) is 9.83. The Morgan fingerprint density at radius 2 is 0.597 bits per heavy atom. The molecule has 0 spiro atoms. The van der Waals surface area contributed by atoms with Gasteiger partial charge in [0.25, 0.3) is 0 Å². The smallest absolute Gasteiger partial charge is 0.150 e. The van der Waals surface area contributed by atoms with E-state index < -0.39 is 46.5 Å². The largest absolute Gasteiger partial charge is 0.308 e. The van der Waals surface area contributed by atoms with E-state index in [0.29, 0.717) is 55.6 Å². The maximum atomic E-state index is 15.9. The highest BCUT2D eigenvalue weighted by atomic mass is 19.2. The van der Waals surface area contributed by atoms with Gasteiger partial charge in [-0.05, 0) is 132 Å². The number of benzene rings is 10. The molecular formula is C60H34F8N4. The van der Waals surface area contributed by atoms with Crippen molar-refractivity contribution in [3.8, 4) is 22.5 Å². The highest BCUT2D eigenvalue weighted by Crippen LogP contribution is 2.44. The van der Waals surface area contributed by atoms with Crippen LogP contribution in [0.5, 0.6) is 0 Å². The molecular weight excluding hydrogens is 929 g/mol. The number of nitrogens with zero attached hydrogens (tertiary/aromatic N) is 4. The highest BCUT2D eigenvalue weighted by Gasteiger charge is 2.24. The van der Waals surface area contributed by atoms with Crippen LogP contribution in [0.4, 0.5) is 69.2 Å². The molecule has 0 bridgehead atoms. The molecule has 0 atom stereocenters. The van der Waals surface area contributed by atoms with E-state index in [9.17, 15) is 17.6 Å². The molecule has 4 nitrogen and oxygen atoms in total. The Bertz CT molecular complexity index is 3840. The molecule has 0 aliphatic heterocycles. The van der Waals surface area contributed by atoms with Gasteiger partial charge in [-0.1, -0.05) is 60.7 Å². The van der Waals surface area contributed by atoms with Crippen molar-refractivity contribution in [2.45, 2.75) is 0 Å². The molecule has 0 saturated heterocycles. The summed E-state index contributed by atoms with van der Waals surface area (Å²) in [6.07, 6.45) is 0. The van der Waals surface area contributed by atoms with E-state index in [0.717, 1.165) is 46.2 Å². The van der Waals surface area contributed by atoms with Gasteiger partial charge in [0.15, 0.2) is 0 Å². The number of hydrogen-bond acceptors (Lipinski definition) is 2. The predicted octanol–water partition coefficient (Wildman–Crippen LogP) is 17.6. The van der Waals surface area contributed by atoms with Crippen molar-refractivity contribution in [1.29, 1.82) is 0 Å². The minimum absolute atomic E-state index is 0.0691. The molecule has 0 aliphatic carbocycles. The number of hydrogen-bond donors (Lipinski definition) is 0. The Morgan fingerprint density at radius 1 is 0.264 bits per heavy atom. The van der Waals surface area contributed by atoms with Crippen molar-refractivity contribution >= 4 is 77.7 Å². The summed E-state index contributed by atoms with van der Waals surface area (Å²) >= 11 is 0. The zero-order valence-electron chi connectivity index (χ0n) is 37.4. The van der Waals surface area contributed by atoms with Crippen molar-refractivity contribution in [2.75, 3.05) is 9.80 Å². The summed E-state index contributed by atoms with van der Waals surface area (Å²) in [6, 6.07) is 53.7. The standard InChI is InChI=1S/C60H34F8N4/c61-37-13-23-57(49(65)29-37)69(43-21-27-55-47(33-43)45-5-1-3-7-53(45)71(55)59-25-15-39(63)31-51(59)67)41-17-9-35(10-18-41)36-11-19-42(20-12-36)70(58-24-14-38(62)30-50(58)66)44-22-28-56-48(34-44)46-6-2-4-8-54(46)72(56)60-26-16-40(64)32-52(60)68/h1-34H. The summed E-state index contributed by atoms with van der Waals surface area (Å²) in [5.41, 5.74) is 6.67. The van der Waals surface area contributed by atoms with E-state index in [1.54, 1.807) is 67.5 Å². The molecule has 0 N–H and O–H groups in total. The van der Waals surface area contributed by atoms with Crippen LogP contribution in [-0.4, -0.2) is 9.13 Å². The number of halogens is 8. The lowest BCUT2D eigenvalue weighted by molar-refractivity contribution is 0.578. The van der Waals surface area contributed by atoms with Gasteiger partial charge in [0, 0.05) is 68.6 Å². The first-order valence-electron chi connectivity index (χ1n) is 22.7. The second kappa shape index (κ2) is 17.4. The second-order valence-corrected chi connectivity index (χ2v) is 17.3. The number of rotatable bonds is 9. The van der Waals surface area contributed by atoms with E-state index >= 15 is 17.6 Å². The van der Waals surface area contributed by atoms with Crippen molar-refractivity contribution in [3.05, 3.63) is 253 Å². The molecule has 0 radical (unpaired) electrons. The Kier molecular flexibility index (Phi) is 10.6. The van der Waals surface area contributed by atoms with Gasteiger partial charge < -0.3 is 18.9 Å². The molecule has 2 heterocycles.